The van der Waals surface area contributed by atoms with Gasteiger partial charge < -0.3 is 4.74 Å². The lowest BCUT2D eigenvalue weighted by molar-refractivity contribution is 0.144. The standard InChI is InChI=1S/C7H5ClF2INO3S/c1-15-7-4(6(9)10)5(11)3(2-12-7)16(8,13)14/h2,6H,1H3. The highest BCUT2D eigenvalue weighted by molar-refractivity contribution is 14.1. The van der Waals surface area contributed by atoms with Gasteiger partial charge in [0.15, 0.2) is 0 Å². The molecule has 16 heavy (non-hydrogen) atoms. The van der Waals surface area contributed by atoms with Crippen LogP contribution in [0, 0.1) is 3.57 Å². The minimum Gasteiger partial charge on any atom is -0.481 e. The van der Waals surface area contributed by atoms with E-state index in [1.54, 1.807) is 0 Å². The van der Waals surface area contributed by atoms with Crippen LogP contribution in [0.3, 0.4) is 0 Å². The van der Waals surface area contributed by atoms with Crippen LogP contribution in [0.15, 0.2) is 11.1 Å². The Kier molecular flexibility index (Phi) is 4.29. The van der Waals surface area contributed by atoms with Crippen molar-refractivity contribution in [2.45, 2.75) is 11.3 Å². The molecule has 0 N–H and O–H groups in total. The first-order chi connectivity index (χ1) is 7.29. The van der Waals surface area contributed by atoms with Gasteiger partial charge >= 0.3 is 0 Å². The molecule has 0 unspecified atom stereocenters. The fourth-order valence-electron chi connectivity index (χ4n) is 0.992. The lowest BCUT2D eigenvalue weighted by atomic mass is 10.3. The van der Waals surface area contributed by atoms with Crippen molar-refractivity contribution in [3.05, 3.63) is 15.3 Å². The van der Waals surface area contributed by atoms with Crippen molar-refractivity contribution in [1.82, 2.24) is 4.98 Å². The Balaban J connectivity index is 3.57. The van der Waals surface area contributed by atoms with E-state index in [1.807, 2.05) is 0 Å². The molecular weight excluding hydrogens is 379 g/mol. The molecule has 0 fully saturated rings. The van der Waals surface area contributed by atoms with Gasteiger partial charge in [0.05, 0.1) is 18.9 Å². The van der Waals surface area contributed by atoms with Gasteiger partial charge in [-0.3, -0.25) is 0 Å². The summed E-state index contributed by atoms with van der Waals surface area (Å²) in [4.78, 5) is 3.02. The highest BCUT2D eigenvalue weighted by Gasteiger charge is 2.26. The number of rotatable bonds is 3. The molecule has 0 radical (unpaired) electrons. The summed E-state index contributed by atoms with van der Waals surface area (Å²) in [6, 6.07) is 0. The molecule has 1 rings (SSSR count). The second-order valence-electron chi connectivity index (χ2n) is 2.60. The predicted octanol–water partition coefficient (Wildman–Crippen LogP) is 2.56. The zero-order valence-electron chi connectivity index (χ0n) is 7.75. The van der Waals surface area contributed by atoms with Gasteiger partial charge in [-0.1, -0.05) is 0 Å². The van der Waals surface area contributed by atoms with Crippen LogP contribution in [0.25, 0.3) is 0 Å². The third kappa shape index (κ3) is 2.72. The maximum atomic E-state index is 12.7. The van der Waals surface area contributed by atoms with Crippen LogP contribution in [0.4, 0.5) is 8.78 Å². The monoisotopic (exact) mass is 383 g/mol. The second kappa shape index (κ2) is 4.96. The Bertz CT molecular complexity index is 509. The highest BCUT2D eigenvalue weighted by atomic mass is 127. The van der Waals surface area contributed by atoms with Gasteiger partial charge in [-0.2, -0.15) is 0 Å². The van der Waals surface area contributed by atoms with Crippen molar-refractivity contribution in [3.63, 3.8) is 0 Å². The summed E-state index contributed by atoms with van der Waals surface area (Å²) in [5.74, 6) is -0.316. The molecule has 1 aromatic heterocycles. The maximum Gasteiger partial charge on any atom is 0.270 e. The Morgan fingerprint density at radius 1 is 1.56 bits per heavy atom. The van der Waals surface area contributed by atoms with E-state index in [0.717, 1.165) is 6.20 Å². The molecule has 1 heterocycles. The van der Waals surface area contributed by atoms with E-state index in [1.165, 1.54) is 29.7 Å². The molecule has 0 bridgehead atoms. The Morgan fingerprint density at radius 3 is 2.50 bits per heavy atom. The Hall–Kier alpha value is -0.220. The van der Waals surface area contributed by atoms with Gasteiger partial charge in [-0.25, -0.2) is 22.2 Å². The van der Waals surface area contributed by atoms with Crippen molar-refractivity contribution < 1.29 is 21.9 Å². The van der Waals surface area contributed by atoms with Gasteiger partial charge in [0.25, 0.3) is 15.5 Å². The normalized spacial score (nSPS) is 11.9. The minimum atomic E-state index is -4.10. The smallest absolute Gasteiger partial charge is 0.270 e. The molecule has 9 heteroatoms. The molecule has 1 aromatic rings. The van der Waals surface area contributed by atoms with Crippen LogP contribution < -0.4 is 4.74 Å². The van der Waals surface area contributed by atoms with Crippen LogP contribution in [-0.2, 0) is 9.05 Å². The van der Waals surface area contributed by atoms with Crippen LogP contribution >= 0.6 is 33.3 Å². The fraction of sp³-hybridized carbons (Fsp3) is 0.286. The highest BCUT2D eigenvalue weighted by Crippen LogP contribution is 2.35. The summed E-state index contributed by atoms with van der Waals surface area (Å²) < 4.78 is 51.9. The first-order valence-corrected chi connectivity index (χ1v) is 7.13. The third-order valence-electron chi connectivity index (χ3n) is 1.66. The molecule has 0 amide bonds. The molecule has 0 saturated heterocycles. The number of ether oxygens (including phenoxy) is 1. The zero-order chi connectivity index (χ0) is 12.5. The summed E-state index contributed by atoms with van der Waals surface area (Å²) in [7, 11) is 2.14. The Morgan fingerprint density at radius 2 is 2.12 bits per heavy atom. The minimum absolute atomic E-state index is 0.186. The quantitative estimate of drug-likeness (QED) is 0.595. The molecule has 90 valence electrons. The topological polar surface area (TPSA) is 56.3 Å². The lowest BCUT2D eigenvalue weighted by Crippen LogP contribution is -2.04. The van der Waals surface area contributed by atoms with E-state index < -0.39 is 25.9 Å². The number of aromatic nitrogens is 1. The summed E-state index contributed by atoms with van der Waals surface area (Å²) in [6.45, 7) is 0. The largest absolute Gasteiger partial charge is 0.481 e. The zero-order valence-corrected chi connectivity index (χ0v) is 11.5. The molecule has 0 aliphatic carbocycles. The van der Waals surface area contributed by atoms with Crippen LogP contribution in [0.5, 0.6) is 5.88 Å². The average Bonchev–Trinajstić information content (AvgIpc) is 2.14. The van der Waals surface area contributed by atoms with Gasteiger partial charge in [-0.15, -0.1) is 0 Å². The van der Waals surface area contributed by atoms with Gasteiger partial charge in [0.1, 0.15) is 4.90 Å². The van der Waals surface area contributed by atoms with Crippen LogP contribution in [0.2, 0.25) is 0 Å². The Labute approximate surface area is 109 Å². The first kappa shape index (κ1) is 13.8. The maximum absolute atomic E-state index is 12.7. The van der Waals surface area contributed by atoms with E-state index in [-0.39, 0.29) is 9.45 Å². The van der Waals surface area contributed by atoms with Crippen molar-refractivity contribution in [3.8, 4) is 5.88 Å². The number of hydrogen-bond acceptors (Lipinski definition) is 4. The van der Waals surface area contributed by atoms with Gasteiger partial charge in [0, 0.05) is 14.3 Å². The van der Waals surface area contributed by atoms with Gasteiger partial charge in [0.2, 0.25) is 5.88 Å². The molecule has 0 atom stereocenters. The number of nitrogens with zero attached hydrogens (tertiary/aromatic N) is 1. The first-order valence-electron chi connectivity index (χ1n) is 3.74. The molecule has 0 aliphatic rings. The van der Waals surface area contributed by atoms with E-state index >= 15 is 0 Å². The number of alkyl halides is 2. The summed E-state index contributed by atoms with van der Waals surface area (Å²) in [5.41, 5.74) is -0.579. The SMILES string of the molecule is COc1ncc(S(=O)(=O)Cl)c(I)c1C(F)F. The molecule has 0 aliphatic heterocycles. The van der Waals surface area contributed by atoms with Crippen LogP contribution in [-0.4, -0.2) is 20.5 Å². The number of halogens is 4. The summed E-state index contributed by atoms with van der Waals surface area (Å²) in [6.07, 6.45) is -2.01. The predicted molar refractivity (Wildman–Crippen MR) is 61.5 cm³/mol. The molecule has 0 saturated carbocycles. The second-order valence-corrected chi connectivity index (χ2v) is 6.21. The average molecular weight is 384 g/mol. The summed E-state index contributed by atoms with van der Waals surface area (Å²) in [5, 5.41) is 0. The van der Waals surface area contributed by atoms with Crippen molar-refractivity contribution in [1.29, 1.82) is 0 Å². The molecule has 0 spiro atoms. The van der Waals surface area contributed by atoms with Crippen molar-refractivity contribution in [2.75, 3.05) is 7.11 Å². The summed E-state index contributed by atoms with van der Waals surface area (Å²) >= 11 is 1.47. The van der Waals surface area contributed by atoms with E-state index in [0.29, 0.717) is 0 Å². The lowest BCUT2D eigenvalue weighted by Gasteiger charge is -2.10. The van der Waals surface area contributed by atoms with Crippen LogP contribution in [0.1, 0.15) is 12.0 Å². The number of methoxy groups -OCH3 is 1. The van der Waals surface area contributed by atoms with Gasteiger partial charge in [-0.05, 0) is 22.6 Å². The number of hydrogen-bond donors (Lipinski definition) is 0. The van der Waals surface area contributed by atoms with E-state index in [2.05, 4.69) is 9.72 Å². The van der Waals surface area contributed by atoms with Crippen molar-refractivity contribution >= 4 is 42.3 Å². The fourth-order valence-corrected chi connectivity index (χ4v) is 3.71. The van der Waals surface area contributed by atoms with Crippen molar-refractivity contribution in [2.24, 2.45) is 0 Å². The molecule has 4 nitrogen and oxygen atoms in total. The molecule has 0 aromatic carbocycles. The molecular formula is C7H5ClF2INO3S. The van der Waals surface area contributed by atoms with E-state index in [4.69, 9.17) is 10.7 Å². The third-order valence-corrected chi connectivity index (χ3v) is 4.52. The number of pyridine rings is 1. The van der Waals surface area contributed by atoms with E-state index in [9.17, 15) is 17.2 Å².